The molecule has 0 unspecified atom stereocenters. The molecule has 0 saturated carbocycles. The molecule has 0 bridgehead atoms. The lowest BCUT2D eigenvalue weighted by atomic mass is 10.3. The van der Waals surface area contributed by atoms with Gasteiger partial charge in [-0.3, -0.25) is 4.72 Å². The van der Waals surface area contributed by atoms with Crippen molar-refractivity contribution in [1.29, 1.82) is 0 Å². The Kier molecular flexibility index (Phi) is 3.97. The Balaban J connectivity index is 3.03. The average molecular weight is 343 g/mol. The summed E-state index contributed by atoms with van der Waals surface area (Å²) < 4.78 is 26.6. The van der Waals surface area contributed by atoms with Crippen LogP contribution in [0.25, 0.3) is 0 Å². The van der Waals surface area contributed by atoms with Gasteiger partial charge < -0.3 is 0 Å². The van der Waals surface area contributed by atoms with Gasteiger partial charge >= 0.3 is 0 Å². The zero-order valence-corrected chi connectivity index (χ0v) is 11.4. The molecule has 0 amide bonds. The van der Waals surface area contributed by atoms with Crippen LogP contribution in [0.15, 0.2) is 27.1 Å². The summed E-state index contributed by atoms with van der Waals surface area (Å²) >= 11 is 6.53. The molecule has 1 aromatic rings. The van der Waals surface area contributed by atoms with Crippen LogP contribution in [0.3, 0.4) is 0 Å². The summed E-state index contributed by atoms with van der Waals surface area (Å²) in [6.07, 6.45) is 0. The Morgan fingerprint density at radius 2 is 2.00 bits per heavy atom. The minimum absolute atomic E-state index is 0.0615. The van der Waals surface area contributed by atoms with Gasteiger partial charge in [0.1, 0.15) is 0 Å². The van der Waals surface area contributed by atoms with Gasteiger partial charge in [0.15, 0.2) is 0 Å². The molecule has 0 heterocycles. The molecule has 78 valence electrons. The third-order valence-corrected chi connectivity index (χ3v) is 4.05. The molecule has 0 spiro atoms. The van der Waals surface area contributed by atoms with E-state index in [9.17, 15) is 8.42 Å². The smallest absolute Gasteiger partial charge is 0.232 e. The average Bonchev–Trinajstić information content (AvgIpc) is 2.11. The lowest BCUT2D eigenvalue weighted by Gasteiger charge is -2.08. The lowest BCUT2D eigenvalue weighted by molar-refractivity contribution is 0.602. The quantitative estimate of drug-likeness (QED) is 0.917. The molecule has 0 saturated heterocycles. The first kappa shape index (κ1) is 12.0. The zero-order valence-electron chi connectivity index (χ0n) is 7.42. The molecule has 1 rings (SSSR count). The van der Waals surface area contributed by atoms with E-state index in [0.29, 0.717) is 5.69 Å². The van der Waals surface area contributed by atoms with Crippen molar-refractivity contribution in [2.75, 3.05) is 10.5 Å². The van der Waals surface area contributed by atoms with Crippen molar-refractivity contribution in [1.82, 2.24) is 0 Å². The van der Waals surface area contributed by atoms with Crippen molar-refractivity contribution in [2.24, 2.45) is 0 Å². The molecule has 0 radical (unpaired) electrons. The Bertz CT molecular complexity index is 431. The van der Waals surface area contributed by atoms with Crippen LogP contribution < -0.4 is 4.72 Å². The van der Waals surface area contributed by atoms with Crippen LogP contribution in [-0.2, 0) is 10.0 Å². The van der Waals surface area contributed by atoms with Gasteiger partial charge in [0.2, 0.25) is 10.0 Å². The molecule has 0 atom stereocenters. The maximum absolute atomic E-state index is 11.3. The van der Waals surface area contributed by atoms with Gasteiger partial charge in [0.25, 0.3) is 0 Å². The molecule has 1 N–H and O–H groups in total. The highest BCUT2D eigenvalue weighted by Gasteiger charge is 2.09. The summed E-state index contributed by atoms with van der Waals surface area (Å²) in [5, 5.41) is 0. The van der Waals surface area contributed by atoms with Crippen molar-refractivity contribution in [3.8, 4) is 0 Å². The maximum atomic E-state index is 11.3. The van der Waals surface area contributed by atoms with Gasteiger partial charge in [-0.15, -0.1) is 0 Å². The molecule has 6 heteroatoms. The van der Waals surface area contributed by atoms with E-state index in [4.69, 9.17) is 0 Å². The van der Waals surface area contributed by atoms with Gasteiger partial charge in [-0.05, 0) is 41.1 Å². The normalized spacial score (nSPS) is 11.4. The van der Waals surface area contributed by atoms with Crippen LogP contribution in [-0.4, -0.2) is 14.2 Å². The Labute approximate surface area is 100 Å². The van der Waals surface area contributed by atoms with Crippen molar-refractivity contribution >= 4 is 47.6 Å². The van der Waals surface area contributed by atoms with E-state index in [-0.39, 0.29) is 5.75 Å². The van der Waals surface area contributed by atoms with Crippen LogP contribution in [0, 0.1) is 0 Å². The number of hydrogen-bond donors (Lipinski definition) is 1. The van der Waals surface area contributed by atoms with E-state index in [2.05, 4.69) is 36.6 Å². The van der Waals surface area contributed by atoms with Crippen molar-refractivity contribution in [2.45, 2.75) is 6.92 Å². The number of sulfonamides is 1. The molecule has 0 fully saturated rings. The third-order valence-electron chi connectivity index (χ3n) is 1.57. The predicted molar refractivity (Wildman–Crippen MR) is 64.9 cm³/mol. The molecular formula is C8H9Br2NO2S. The van der Waals surface area contributed by atoms with Crippen LogP contribution in [0.2, 0.25) is 0 Å². The first-order chi connectivity index (χ1) is 6.44. The highest BCUT2D eigenvalue weighted by atomic mass is 79.9. The highest BCUT2D eigenvalue weighted by Crippen LogP contribution is 2.26. The Morgan fingerprint density at radius 3 is 2.57 bits per heavy atom. The van der Waals surface area contributed by atoms with E-state index >= 15 is 0 Å². The lowest BCUT2D eigenvalue weighted by Crippen LogP contribution is -2.14. The SMILES string of the molecule is CCS(=O)(=O)Nc1cc(Br)ccc1Br. The fourth-order valence-corrected chi connectivity index (χ4v) is 2.30. The standard InChI is InChI=1S/C8H9Br2NO2S/c1-2-14(12,13)11-8-5-6(9)3-4-7(8)10/h3-5,11H,2H2,1H3. The van der Waals surface area contributed by atoms with Crippen LogP contribution >= 0.6 is 31.9 Å². The number of nitrogens with one attached hydrogen (secondary N) is 1. The van der Waals surface area contributed by atoms with Gasteiger partial charge in [0.05, 0.1) is 11.4 Å². The second-order valence-electron chi connectivity index (χ2n) is 2.63. The Morgan fingerprint density at radius 1 is 1.36 bits per heavy atom. The monoisotopic (exact) mass is 341 g/mol. The summed E-state index contributed by atoms with van der Waals surface area (Å²) in [4.78, 5) is 0. The first-order valence-electron chi connectivity index (χ1n) is 3.90. The highest BCUT2D eigenvalue weighted by molar-refractivity contribution is 9.11. The number of benzene rings is 1. The maximum Gasteiger partial charge on any atom is 0.232 e. The number of rotatable bonds is 3. The predicted octanol–water partition coefficient (Wildman–Crippen LogP) is 2.97. The summed E-state index contributed by atoms with van der Waals surface area (Å²) in [6, 6.07) is 5.31. The van der Waals surface area contributed by atoms with Gasteiger partial charge in [-0.25, -0.2) is 8.42 Å². The molecule has 3 nitrogen and oxygen atoms in total. The summed E-state index contributed by atoms with van der Waals surface area (Å²) in [5.41, 5.74) is 0.543. The third kappa shape index (κ3) is 3.25. The van der Waals surface area contributed by atoms with E-state index in [1.165, 1.54) is 0 Å². The first-order valence-corrected chi connectivity index (χ1v) is 7.14. The van der Waals surface area contributed by atoms with Crippen molar-refractivity contribution in [3.05, 3.63) is 27.1 Å². The second kappa shape index (κ2) is 4.63. The van der Waals surface area contributed by atoms with E-state index in [1.807, 2.05) is 6.07 Å². The minimum atomic E-state index is -3.21. The molecule has 0 aliphatic heterocycles. The van der Waals surface area contributed by atoms with Crippen LogP contribution in [0.1, 0.15) is 6.92 Å². The van der Waals surface area contributed by atoms with Crippen LogP contribution in [0.5, 0.6) is 0 Å². The summed E-state index contributed by atoms with van der Waals surface area (Å²) in [7, 11) is -3.21. The van der Waals surface area contributed by atoms with Gasteiger partial charge in [-0.1, -0.05) is 15.9 Å². The number of anilines is 1. The topological polar surface area (TPSA) is 46.2 Å². The van der Waals surface area contributed by atoms with Crippen molar-refractivity contribution < 1.29 is 8.42 Å². The minimum Gasteiger partial charge on any atom is -0.282 e. The van der Waals surface area contributed by atoms with Gasteiger partial charge in [0, 0.05) is 8.95 Å². The molecule has 14 heavy (non-hydrogen) atoms. The molecular weight excluding hydrogens is 334 g/mol. The van der Waals surface area contributed by atoms with E-state index in [1.54, 1.807) is 19.1 Å². The fourth-order valence-electron chi connectivity index (χ4n) is 0.815. The largest absolute Gasteiger partial charge is 0.282 e. The molecule has 0 aliphatic carbocycles. The van der Waals surface area contributed by atoms with E-state index < -0.39 is 10.0 Å². The number of hydrogen-bond acceptors (Lipinski definition) is 2. The summed E-state index contributed by atoms with van der Waals surface area (Å²) in [6.45, 7) is 1.59. The molecule has 0 aliphatic rings. The number of halogens is 2. The second-order valence-corrected chi connectivity index (χ2v) is 6.41. The fraction of sp³-hybridized carbons (Fsp3) is 0.250. The Hall–Kier alpha value is -0.0700. The zero-order chi connectivity index (χ0) is 10.8. The molecule has 1 aromatic carbocycles. The molecule has 0 aromatic heterocycles. The van der Waals surface area contributed by atoms with Gasteiger partial charge in [-0.2, -0.15) is 0 Å². The summed E-state index contributed by atoms with van der Waals surface area (Å²) in [5.74, 6) is 0.0615. The van der Waals surface area contributed by atoms with Crippen LogP contribution in [0.4, 0.5) is 5.69 Å². The van der Waals surface area contributed by atoms with Crippen molar-refractivity contribution in [3.63, 3.8) is 0 Å². The van der Waals surface area contributed by atoms with E-state index in [0.717, 1.165) is 8.95 Å².